The molecule has 1 aliphatic carbocycles. The Kier molecular flexibility index (Phi) is 9.26. The van der Waals surface area contributed by atoms with E-state index in [0.29, 0.717) is 25.2 Å². The lowest BCUT2D eigenvalue weighted by molar-refractivity contribution is -0.115. The Bertz CT molecular complexity index is 841. The highest BCUT2D eigenvalue weighted by Crippen LogP contribution is 2.32. The van der Waals surface area contributed by atoms with E-state index in [-0.39, 0.29) is 23.9 Å². The van der Waals surface area contributed by atoms with E-state index in [1.54, 1.807) is 0 Å². The van der Waals surface area contributed by atoms with Crippen LogP contribution in [0.15, 0.2) is 85.0 Å². The van der Waals surface area contributed by atoms with E-state index in [2.05, 4.69) is 37.8 Å². The monoisotopic (exact) mass is 418 g/mol. The van der Waals surface area contributed by atoms with Crippen LogP contribution in [-0.4, -0.2) is 18.0 Å². The topological polar surface area (TPSA) is 35.5 Å². The van der Waals surface area contributed by atoms with Gasteiger partial charge in [-0.3, -0.25) is 4.79 Å². The van der Waals surface area contributed by atoms with Crippen molar-refractivity contribution in [3.8, 4) is 0 Å². The maximum absolute atomic E-state index is 12.3. The van der Waals surface area contributed by atoms with E-state index in [1.165, 1.54) is 18.4 Å². The lowest BCUT2D eigenvalue weighted by Gasteiger charge is -2.19. The molecule has 0 unspecified atom stereocenters. The molecule has 164 valence electrons. The van der Waals surface area contributed by atoms with Crippen molar-refractivity contribution in [1.82, 2.24) is 0 Å². The first kappa shape index (κ1) is 23.2. The minimum atomic E-state index is -0.165. The predicted octanol–water partition coefficient (Wildman–Crippen LogP) is 6.44. The predicted molar refractivity (Wildman–Crippen MR) is 126 cm³/mol. The molecule has 1 aliphatic rings. The van der Waals surface area contributed by atoms with Crippen LogP contribution in [0.25, 0.3) is 0 Å². The number of ketones is 1. The maximum Gasteiger partial charge on any atom is 0.161 e. The van der Waals surface area contributed by atoms with Crippen LogP contribution in [0.3, 0.4) is 0 Å². The summed E-state index contributed by atoms with van der Waals surface area (Å²) in [6.45, 7) is 7.34. The number of rotatable bonds is 12. The van der Waals surface area contributed by atoms with E-state index in [4.69, 9.17) is 9.47 Å². The summed E-state index contributed by atoms with van der Waals surface area (Å²) in [4.78, 5) is 12.3. The molecule has 0 spiro atoms. The number of ether oxygens (including phenoxy) is 2. The summed E-state index contributed by atoms with van der Waals surface area (Å²) in [5, 5.41) is 0. The fraction of sp³-hybridized carbons (Fsp3) is 0.393. The van der Waals surface area contributed by atoms with Gasteiger partial charge in [-0.15, -0.1) is 0 Å². The van der Waals surface area contributed by atoms with Gasteiger partial charge in [-0.05, 0) is 23.1 Å². The Labute approximate surface area is 186 Å². The fourth-order valence-electron chi connectivity index (χ4n) is 3.88. The zero-order chi connectivity index (χ0) is 21.9. The number of Topliss-reactive ketones (excluding diaryl/α,β-unsaturated/α-hetero) is 1. The molecule has 0 aromatic heterocycles. The average Bonchev–Trinajstić information content (AvgIpc) is 3.08. The van der Waals surface area contributed by atoms with Crippen molar-refractivity contribution in [1.29, 1.82) is 0 Å². The van der Waals surface area contributed by atoms with E-state index in [1.807, 2.05) is 48.5 Å². The van der Waals surface area contributed by atoms with Crippen molar-refractivity contribution in [2.45, 2.75) is 64.4 Å². The number of benzene rings is 2. The number of hydrogen-bond donors (Lipinski definition) is 0. The molecule has 2 aromatic rings. The van der Waals surface area contributed by atoms with Crippen LogP contribution in [0.2, 0.25) is 0 Å². The average molecular weight is 419 g/mol. The van der Waals surface area contributed by atoms with Gasteiger partial charge in [0.1, 0.15) is 0 Å². The van der Waals surface area contributed by atoms with Crippen LogP contribution in [0.4, 0.5) is 0 Å². The minimum Gasteiger partial charge on any atom is -0.372 e. The van der Waals surface area contributed by atoms with Crippen molar-refractivity contribution in [2.24, 2.45) is 5.92 Å². The highest BCUT2D eigenvalue weighted by atomic mass is 16.5. The molecule has 3 heteroatoms. The summed E-state index contributed by atoms with van der Waals surface area (Å²) in [5.41, 5.74) is 2.92. The van der Waals surface area contributed by atoms with Crippen molar-refractivity contribution in [2.75, 3.05) is 0 Å². The van der Waals surface area contributed by atoms with Crippen LogP contribution in [0.5, 0.6) is 0 Å². The molecule has 1 saturated carbocycles. The molecule has 0 amide bonds. The Balaban J connectivity index is 1.63. The maximum atomic E-state index is 12.3. The molecule has 3 atom stereocenters. The van der Waals surface area contributed by atoms with Gasteiger partial charge in [0.15, 0.2) is 5.78 Å². The van der Waals surface area contributed by atoms with E-state index in [0.717, 1.165) is 18.4 Å². The van der Waals surface area contributed by atoms with Crippen molar-refractivity contribution in [3.05, 3.63) is 96.1 Å². The van der Waals surface area contributed by atoms with Gasteiger partial charge in [0.05, 0.1) is 25.4 Å². The third-order valence-electron chi connectivity index (χ3n) is 5.79. The van der Waals surface area contributed by atoms with Gasteiger partial charge in [0.25, 0.3) is 0 Å². The van der Waals surface area contributed by atoms with Gasteiger partial charge < -0.3 is 9.47 Å². The number of carbonyl (C=O) groups is 1. The second kappa shape index (κ2) is 12.4. The summed E-state index contributed by atoms with van der Waals surface area (Å²) in [6, 6.07) is 20.3. The quantitative estimate of drug-likeness (QED) is 0.226. The minimum absolute atomic E-state index is 0.0185. The van der Waals surface area contributed by atoms with Crippen molar-refractivity contribution < 1.29 is 14.3 Å². The van der Waals surface area contributed by atoms with Gasteiger partial charge in [-0.2, -0.15) is 0 Å². The first-order chi connectivity index (χ1) is 15.2. The number of unbranched alkanes of at least 4 members (excludes halogenated alkanes) is 2. The van der Waals surface area contributed by atoms with Crippen molar-refractivity contribution >= 4 is 5.78 Å². The lowest BCUT2D eigenvalue weighted by Crippen LogP contribution is -2.18. The molecule has 31 heavy (non-hydrogen) atoms. The van der Waals surface area contributed by atoms with Gasteiger partial charge in [0, 0.05) is 12.3 Å². The molecular weight excluding hydrogens is 384 g/mol. The van der Waals surface area contributed by atoms with Crippen LogP contribution >= 0.6 is 0 Å². The molecule has 0 bridgehead atoms. The SMILES string of the molecule is C=C1C(=O)C[C@@H](OCc2ccccc2)[C@@H]1/C=C/[C@H](CCCCC)OCc1ccccc1. The van der Waals surface area contributed by atoms with Crippen LogP contribution in [0.1, 0.15) is 50.2 Å². The number of hydrogen-bond acceptors (Lipinski definition) is 3. The lowest BCUT2D eigenvalue weighted by atomic mass is 9.99. The molecule has 0 saturated heterocycles. The normalized spacial score (nSPS) is 19.9. The van der Waals surface area contributed by atoms with Crippen LogP contribution in [0, 0.1) is 5.92 Å². The Morgan fingerprint density at radius 3 is 2.29 bits per heavy atom. The summed E-state index contributed by atoms with van der Waals surface area (Å²) in [7, 11) is 0. The molecule has 0 radical (unpaired) electrons. The van der Waals surface area contributed by atoms with E-state index in [9.17, 15) is 4.79 Å². The molecule has 2 aromatic carbocycles. The molecule has 0 N–H and O–H groups in total. The molecule has 0 aliphatic heterocycles. The third-order valence-corrected chi connectivity index (χ3v) is 5.79. The summed E-state index contributed by atoms with van der Waals surface area (Å²) in [5.74, 6) is 0.00524. The second-order valence-electron chi connectivity index (χ2n) is 8.23. The summed E-state index contributed by atoms with van der Waals surface area (Å²) in [6.07, 6.45) is 8.92. The molecular formula is C28H34O3. The highest BCUT2D eigenvalue weighted by molar-refractivity contribution is 5.98. The Morgan fingerprint density at radius 2 is 1.65 bits per heavy atom. The first-order valence-corrected chi connectivity index (χ1v) is 11.4. The van der Waals surface area contributed by atoms with Crippen LogP contribution < -0.4 is 0 Å². The molecule has 0 heterocycles. The van der Waals surface area contributed by atoms with E-state index < -0.39 is 0 Å². The van der Waals surface area contributed by atoms with E-state index >= 15 is 0 Å². The zero-order valence-corrected chi connectivity index (χ0v) is 18.5. The summed E-state index contributed by atoms with van der Waals surface area (Å²) < 4.78 is 12.3. The number of carbonyl (C=O) groups excluding carboxylic acids is 1. The van der Waals surface area contributed by atoms with Gasteiger partial charge in [-0.25, -0.2) is 0 Å². The molecule has 3 rings (SSSR count). The first-order valence-electron chi connectivity index (χ1n) is 11.4. The standard InChI is InChI=1S/C28H34O3/c1-3-4-7-16-25(30-20-23-12-8-5-9-13-23)17-18-26-22(2)27(29)19-28(26)31-21-24-14-10-6-11-15-24/h5-6,8-15,17-18,25-26,28H,2-4,7,16,19-21H2,1H3/b18-17+/t25-,26+,28+/m0/s1. The van der Waals surface area contributed by atoms with Gasteiger partial charge >= 0.3 is 0 Å². The third kappa shape index (κ3) is 7.30. The Morgan fingerprint density at radius 1 is 1.00 bits per heavy atom. The summed E-state index contributed by atoms with van der Waals surface area (Å²) >= 11 is 0. The van der Waals surface area contributed by atoms with Crippen LogP contribution in [-0.2, 0) is 27.5 Å². The zero-order valence-electron chi connectivity index (χ0n) is 18.5. The van der Waals surface area contributed by atoms with Gasteiger partial charge in [-0.1, -0.05) is 106 Å². The fourth-order valence-corrected chi connectivity index (χ4v) is 3.88. The Hall–Kier alpha value is -2.49. The van der Waals surface area contributed by atoms with Crippen molar-refractivity contribution in [3.63, 3.8) is 0 Å². The second-order valence-corrected chi connectivity index (χ2v) is 8.23. The van der Waals surface area contributed by atoms with Gasteiger partial charge in [0.2, 0.25) is 0 Å². The molecule has 3 nitrogen and oxygen atoms in total. The highest BCUT2D eigenvalue weighted by Gasteiger charge is 2.35. The largest absolute Gasteiger partial charge is 0.372 e. The molecule has 1 fully saturated rings. The smallest absolute Gasteiger partial charge is 0.161 e.